The number of ether oxygens (including phenoxy) is 3. The molecule has 0 atom stereocenters. The number of esters is 1. The van der Waals surface area contributed by atoms with E-state index in [-0.39, 0.29) is 38.4 Å². The fourth-order valence-corrected chi connectivity index (χ4v) is 3.02. The van der Waals surface area contributed by atoms with E-state index in [9.17, 15) is 22.8 Å². The highest BCUT2D eigenvalue weighted by Crippen LogP contribution is 2.32. The van der Waals surface area contributed by atoms with Crippen molar-refractivity contribution < 1.29 is 32.2 Å². The third kappa shape index (κ3) is 5.25. The van der Waals surface area contributed by atoms with Crippen LogP contribution < -0.4 is 10.3 Å². The number of methoxy groups -OCH3 is 1. The predicted molar refractivity (Wildman–Crippen MR) is 106 cm³/mol. The molecule has 3 aromatic rings. The number of benzene rings is 1. The first-order valence-corrected chi connectivity index (χ1v) is 9.64. The summed E-state index contributed by atoms with van der Waals surface area (Å²) in [4.78, 5) is 24.1. The zero-order valence-electron chi connectivity index (χ0n) is 17.4. The highest BCUT2D eigenvalue weighted by molar-refractivity contribution is 5.80. The van der Waals surface area contributed by atoms with Gasteiger partial charge in [-0.15, -0.1) is 0 Å². The minimum absolute atomic E-state index is 0.0239. The number of hydrogen-bond donors (Lipinski definition) is 0. The molecule has 32 heavy (non-hydrogen) atoms. The van der Waals surface area contributed by atoms with Gasteiger partial charge >= 0.3 is 12.1 Å². The highest BCUT2D eigenvalue weighted by atomic mass is 19.4. The van der Waals surface area contributed by atoms with Crippen molar-refractivity contribution in [3.05, 3.63) is 52.1 Å². The molecule has 2 heterocycles. The third-order valence-corrected chi connectivity index (χ3v) is 4.49. The molecule has 2 aromatic heterocycles. The van der Waals surface area contributed by atoms with Crippen LogP contribution in [0.1, 0.15) is 18.2 Å². The van der Waals surface area contributed by atoms with Gasteiger partial charge in [0, 0.05) is 0 Å². The first-order chi connectivity index (χ1) is 15.2. The molecule has 0 bridgehead atoms. The Kier molecular flexibility index (Phi) is 7.13. The average Bonchev–Trinajstić information content (AvgIpc) is 3.14. The Bertz CT molecular complexity index is 1140. The van der Waals surface area contributed by atoms with Gasteiger partial charge in [-0.1, -0.05) is 12.1 Å². The molecule has 0 unspecified atom stereocenters. The molecule has 0 aliphatic heterocycles. The summed E-state index contributed by atoms with van der Waals surface area (Å²) in [5, 5.41) is 7.00. The van der Waals surface area contributed by atoms with Crippen LogP contribution in [0, 0.1) is 0 Å². The lowest BCUT2D eigenvalue weighted by Crippen LogP contribution is -2.25. The number of nitrogens with zero attached hydrogens (tertiary/aromatic N) is 4. The Morgan fingerprint density at radius 3 is 2.50 bits per heavy atom. The van der Waals surface area contributed by atoms with Crippen LogP contribution in [-0.4, -0.2) is 52.5 Å². The second kappa shape index (κ2) is 9.81. The summed E-state index contributed by atoms with van der Waals surface area (Å²) >= 11 is 0. The van der Waals surface area contributed by atoms with Crippen LogP contribution in [0.4, 0.5) is 13.2 Å². The van der Waals surface area contributed by atoms with E-state index in [2.05, 4.69) is 10.2 Å². The number of carbonyl (C=O) groups excluding carboxylic acids is 1. The van der Waals surface area contributed by atoms with Crippen molar-refractivity contribution in [1.29, 1.82) is 0 Å². The SMILES string of the molecule is CCOC(=O)COCCn1nc(C(F)(F)F)c2c(=O)n(Cc3ccc(OC)cc3)ncc21. The Morgan fingerprint density at radius 1 is 1.16 bits per heavy atom. The lowest BCUT2D eigenvalue weighted by molar-refractivity contribution is -0.148. The van der Waals surface area contributed by atoms with Crippen molar-refractivity contribution >= 4 is 16.9 Å². The monoisotopic (exact) mass is 454 g/mol. The second-order valence-corrected chi connectivity index (χ2v) is 6.64. The molecular formula is C20H21F3N4O5. The Morgan fingerprint density at radius 2 is 1.88 bits per heavy atom. The van der Waals surface area contributed by atoms with Crippen LogP contribution in [-0.2, 0) is 33.5 Å². The Labute approximate surface area is 180 Å². The summed E-state index contributed by atoms with van der Waals surface area (Å²) in [6, 6.07) is 6.72. The van der Waals surface area contributed by atoms with E-state index in [1.54, 1.807) is 31.2 Å². The van der Waals surface area contributed by atoms with E-state index < -0.39 is 28.8 Å². The van der Waals surface area contributed by atoms with E-state index in [1.807, 2.05) is 0 Å². The second-order valence-electron chi connectivity index (χ2n) is 6.64. The minimum atomic E-state index is -4.84. The summed E-state index contributed by atoms with van der Waals surface area (Å²) in [5.74, 6) is 0.0206. The van der Waals surface area contributed by atoms with Crippen molar-refractivity contribution in [3.8, 4) is 5.75 Å². The van der Waals surface area contributed by atoms with E-state index in [4.69, 9.17) is 14.2 Å². The molecule has 9 nitrogen and oxygen atoms in total. The van der Waals surface area contributed by atoms with E-state index >= 15 is 0 Å². The van der Waals surface area contributed by atoms with Crippen LogP contribution >= 0.6 is 0 Å². The van der Waals surface area contributed by atoms with Gasteiger partial charge in [-0.25, -0.2) is 9.48 Å². The summed E-state index contributed by atoms with van der Waals surface area (Å²) in [5.41, 5.74) is -1.63. The van der Waals surface area contributed by atoms with Crippen molar-refractivity contribution in [3.63, 3.8) is 0 Å². The maximum atomic E-state index is 13.6. The topological polar surface area (TPSA) is 97.5 Å². The van der Waals surface area contributed by atoms with Gasteiger partial charge in [-0.05, 0) is 24.6 Å². The van der Waals surface area contributed by atoms with Gasteiger partial charge in [0.05, 0.1) is 45.1 Å². The predicted octanol–water partition coefficient (Wildman–Crippen LogP) is 2.25. The number of hydrogen-bond acceptors (Lipinski definition) is 7. The van der Waals surface area contributed by atoms with Crippen LogP contribution in [0.2, 0.25) is 0 Å². The molecule has 0 N–H and O–H groups in total. The maximum absolute atomic E-state index is 13.6. The van der Waals surface area contributed by atoms with E-state index in [1.165, 1.54) is 7.11 Å². The largest absolute Gasteiger partial charge is 0.497 e. The van der Waals surface area contributed by atoms with Crippen LogP contribution in [0.3, 0.4) is 0 Å². The van der Waals surface area contributed by atoms with Gasteiger partial charge in [0.2, 0.25) is 0 Å². The minimum Gasteiger partial charge on any atom is -0.497 e. The smallest absolute Gasteiger partial charge is 0.435 e. The van der Waals surface area contributed by atoms with Crippen LogP contribution in [0.5, 0.6) is 5.75 Å². The molecule has 0 radical (unpaired) electrons. The fraction of sp³-hybridized carbons (Fsp3) is 0.400. The number of fused-ring (bicyclic) bond motifs is 1. The Hall–Kier alpha value is -3.41. The first kappa shape index (κ1) is 23.3. The molecule has 0 fully saturated rings. The zero-order chi connectivity index (χ0) is 23.3. The Balaban J connectivity index is 1.88. The summed E-state index contributed by atoms with van der Waals surface area (Å²) in [6.07, 6.45) is -3.68. The molecule has 0 saturated heterocycles. The lowest BCUT2D eigenvalue weighted by Gasteiger charge is -2.07. The lowest BCUT2D eigenvalue weighted by atomic mass is 10.2. The summed E-state index contributed by atoms with van der Waals surface area (Å²) in [7, 11) is 1.51. The molecule has 3 rings (SSSR count). The summed E-state index contributed by atoms with van der Waals surface area (Å²) < 4.78 is 57.6. The highest BCUT2D eigenvalue weighted by Gasteiger charge is 2.38. The quantitative estimate of drug-likeness (QED) is 0.361. The molecule has 172 valence electrons. The first-order valence-electron chi connectivity index (χ1n) is 9.64. The van der Waals surface area contributed by atoms with Crippen molar-refractivity contribution in [2.75, 3.05) is 26.9 Å². The van der Waals surface area contributed by atoms with Gasteiger partial charge in [0.1, 0.15) is 17.7 Å². The molecule has 0 amide bonds. The van der Waals surface area contributed by atoms with Gasteiger partial charge in [0.25, 0.3) is 5.56 Å². The van der Waals surface area contributed by atoms with Crippen molar-refractivity contribution in [2.45, 2.75) is 26.2 Å². The van der Waals surface area contributed by atoms with Gasteiger partial charge in [-0.2, -0.15) is 23.4 Å². The molecule has 0 saturated carbocycles. The van der Waals surface area contributed by atoms with Crippen LogP contribution in [0.15, 0.2) is 35.3 Å². The summed E-state index contributed by atoms with van der Waals surface area (Å²) in [6.45, 7) is 1.24. The normalized spacial score (nSPS) is 11.7. The third-order valence-electron chi connectivity index (χ3n) is 4.49. The number of aromatic nitrogens is 4. The fourth-order valence-electron chi connectivity index (χ4n) is 3.02. The molecule has 0 aliphatic carbocycles. The number of halogens is 3. The molecule has 0 aliphatic rings. The molecule has 0 spiro atoms. The molecular weight excluding hydrogens is 433 g/mol. The zero-order valence-corrected chi connectivity index (χ0v) is 17.4. The van der Waals surface area contributed by atoms with Gasteiger partial charge in [-0.3, -0.25) is 9.48 Å². The van der Waals surface area contributed by atoms with E-state index in [0.717, 1.165) is 15.6 Å². The van der Waals surface area contributed by atoms with Crippen LogP contribution in [0.25, 0.3) is 10.9 Å². The standard InChI is InChI=1S/C20H21F3N4O5/c1-3-32-16(28)12-31-9-8-26-15-10-24-27(11-13-4-6-14(30-2)7-5-13)19(29)17(15)18(25-26)20(21,22)23/h4-7,10H,3,8-9,11-12H2,1-2H3. The number of alkyl halides is 3. The molecule has 12 heteroatoms. The van der Waals surface area contributed by atoms with Gasteiger partial charge in [0.15, 0.2) is 5.69 Å². The van der Waals surface area contributed by atoms with Gasteiger partial charge < -0.3 is 14.2 Å². The van der Waals surface area contributed by atoms with Crippen molar-refractivity contribution in [1.82, 2.24) is 19.6 Å². The average molecular weight is 454 g/mol. The number of carbonyl (C=O) groups is 1. The maximum Gasteiger partial charge on any atom is 0.435 e. The number of rotatable bonds is 9. The molecule has 1 aromatic carbocycles. The van der Waals surface area contributed by atoms with Crippen molar-refractivity contribution in [2.24, 2.45) is 0 Å². The van der Waals surface area contributed by atoms with E-state index in [0.29, 0.717) is 11.3 Å².